The number of benzene rings is 2. The van der Waals surface area contributed by atoms with Crippen molar-refractivity contribution in [1.82, 2.24) is 9.88 Å². The molecular weight excluding hydrogens is 410 g/mol. The molecule has 0 saturated carbocycles. The molecule has 1 N–H and O–H groups in total. The maximum Gasteiger partial charge on any atom is 0.257 e. The average molecular weight is 438 g/mol. The summed E-state index contributed by atoms with van der Waals surface area (Å²) in [5.74, 6) is 0.700. The third kappa shape index (κ3) is 5.70. The molecule has 1 fully saturated rings. The molecule has 7 heteroatoms. The molecule has 1 aliphatic heterocycles. The van der Waals surface area contributed by atoms with Crippen LogP contribution >= 0.6 is 11.3 Å². The second kappa shape index (κ2) is 10.0. The molecule has 0 unspecified atom stereocenters. The van der Waals surface area contributed by atoms with Gasteiger partial charge in [0.05, 0.1) is 18.9 Å². The number of hydrogen-bond donors (Lipinski definition) is 1. The van der Waals surface area contributed by atoms with E-state index in [1.165, 1.54) is 11.3 Å². The van der Waals surface area contributed by atoms with E-state index in [0.717, 1.165) is 60.3 Å². The van der Waals surface area contributed by atoms with Crippen LogP contribution in [0.5, 0.6) is 5.75 Å². The van der Waals surface area contributed by atoms with Gasteiger partial charge in [-0.05, 0) is 50.2 Å². The SMILES string of the molecule is Cc1cccc(C(=O)Nc2nc(-c3ccc(OCCN4CCOCC4)cc3)c(C)s2)c1. The van der Waals surface area contributed by atoms with E-state index in [9.17, 15) is 4.79 Å². The van der Waals surface area contributed by atoms with Crippen molar-refractivity contribution in [3.63, 3.8) is 0 Å². The molecule has 162 valence electrons. The normalized spacial score (nSPS) is 14.4. The summed E-state index contributed by atoms with van der Waals surface area (Å²) in [7, 11) is 0. The molecule has 0 aliphatic carbocycles. The lowest BCUT2D eigenvalue weighted by atomic mass is 10.1. The molecule has 0 spiro atoms. The number of rotatable bonds is 7. The zero-order chi connectivity index (χ0) is 21.6. The van der Waals surface area contributed by atoms with Crippen molar-refractivity contribution in [1.29, 1.82) is 0 Å². The standard InChI is InChI=1S/C24H27N3O3S/c1-17-4-3-5-20(16-17)23(28)26-24-25-22(18(2)31-24)19-6-8-21(9-7-19)30-15-12-27-10-13-29-14-11-27/h3-9,16H,10-15H2,1-2H3,(H,25,26,28). The minimum Gasteiger partial charge on any atom is -0.492 e. The Morgan fingerprint density at radius 1 is 1.16 bits per heavy atom. The summed E-state index contributed by atoms with van der Waals surface area (Å²) >= 11 is 1.48. The van der Waals surface area contributed by atoms with Gasteiger partial charge in [0.2, 0.25) is 0 Å². The first-order valence-electron chi connectivity index (χ1n) is 10.5. The number of carbonyl (C=O) groups excluding carboxylic acids is 1. The van der Waals surface area contributed by atoms with Crippen LogP contribution in [0.25, 0.3) is 11.3 Å². The highest BCUT2D eigenvalue weighted by atomic mass is 32.1. The minimum absolute atomic E-state index is 0.145. The maximum atomic E-state index is 12.5. The zero-order valence-electron chi connectivity index (χ0n) is 17.9. The van der Waals surface area contributed by atoms with E-state index >= 15 is 0 Å². The van der Waals surface area contributed by atoms with E-state index < -0.39 is 0 Å². The summed E-state index contributed by atoms with van der Waals surface area (Å²) in [6.07, 6.45) is 0. The molecule has 2 heterocycles. The number of nitrogens with zero attached hydrogens (tertiary/aromatic N) is 2. The second-order valence-electron chi connectivity index (χ2n) is 7.57. The predicted octanol–water partition coefficient (Wildman–Crippen LogP) is 4.39. The average Bonchev–Trinajstić information content (AvgIpc) is 3.15. The van der Waals surface area contributed by atoms with Gasteiger partial charge < -0.3 is 9.47 Å². The fourth-order valence-corrected chi connectivity index (χ4v) is 4.33. The van der Waals surface area contributed by atoms with Gasteiger partial charge in [0, 0.05) is 35.6 Å². The van der Waals surface area contributed by atoms with Gasteiger partial charge in [0.25, 0.3) is 5.91 Å². The number of carbonyl (C=O) groups is 1. The van der Waals surface area contributed by atoms with E-state index in [4.69, 9.17) is 9.47 Å². The molecule has 6 nitrogen and oxygen atoms in total. The quantitative estimate of drug-likeness (QED) is 0.594. The van der Waals surface area contributed by atoms with Crippen molar-refractivity contribution in [2.75, 3.05) is 44.8 Å². The molecular formula is C24H27N3O3S. The van der Waals surface area contributed by atoms with Gasteiger partial charge in [-0.1, -0.05) is 17.7 Å². The molecule has 1 saturated heterocycles. The molecule has 0 bridgehead atoms. The first kappa shape index (κ1) is 21.5. The van der Waals surface area contributed by atoms with Crippen molar-refractivity contribution in [3.8, 4) is 17.0 Å². The fraction of sp³-hybridized carbons (Fsp3) is 0.333. The highest BCUT2D eigenvalue weighted by Gasteiger charge is 2.14. The monoisotopic (exact) mass is 437 g/mol. The van der Waals surface area contributed by atoms with E-state index in [-0.39, 0.29) is 5.91 Å². The molecule has 1 amide bonds. The summed E-state index contributed by atoms with van der Waals surface area (Å²) in [5, 5.41) is 3.52. The van der Waals surface area contributed by atoms with Gasteiger partial charge in [-0.15, -0.1) is 11.3 Å². The van der Waals surface area contributed by atoms with Gasteiger partial charge >= 0.3 is 0 Å². The summed E-state index contributed by atoms with van der Waals surface area (Å²) in [5.41, 5.74) is 3.57. The summed E-state index contributed by atoms with van der Waals surface area (Å²) < 4.78 is 11.3. The molecule has 0 radical (unpaired) electrons. The number of morpholine rings is 1. The summed E-state index contributed by atoms with van der Waals surface area (Å²) in [6, 6.07) is 15.5. The van der Waals surface area contributed by atoms with Crippen LogP contribution in [0.3, 0.4) is 0 Å². The van der Waals surface area contributed by atoms with Crippen LogP contribution in [0, 0.1) is 13.8 Å². The molecule has 3 aromatic rings. The number of anilines is 1. The minimum atomic E-state index is -0.145. The number of nitrogens with one attached hydrogen (secondary N) is 1. The zero-order valence-corrected chi connectivity index (χ0v) is 18.7. The first-order valence-corrected chi connectivity index (χ1v) is 11.3. The predicted molar refractivity (Wildman–Crippen MR) is 124 cm³/mol. The Balaban J connectivity index is 1.36. The van der Waals surface area contributed by atoms with Crippen LogP contribution in [0.4, 0.5) is 5.13 Å². The van der Waals surface area contributed by atoms with Crippen LogP contribution in [-0.4, -0.2) is 55.2 Å². The molecule has 0 atom stereocenters. The van der Waals surface area contributed by atoms with E-state index in [2.05, 4.69) is 15.2 Å². The number of aryl methyl sites for hydroxylation is 2. The lowest BCUT2D eigenvalue weighted by Gasteiger charge is -2.26. The van der Waals surface area contributed by atoms with Gasteiger partial charge in [-0.3, -0.25) is 15.0 Å². The molecule has 4 rings (SSSR count). The van der Waals surface area contributed by atoms with Crippen LogP contribution < -0.4 is 10.1 Å². The Labute approximate surface area is 186 Å². The van der Waals surface area contributed by atoms with Crippen molar-refractivity contribution >= 4 is 22.4 Å². The first-order chi connectivity index (χ1) is 15.1. The van der Waals surface area contributed by atoms with E-state index in [1.54, 1.807) is 0 Å². The van der Waals surface area contributed by atoms with E-state index in [0.29, 0.717) is 17.3 Å². The van der Waals surface area contributed by atoms with Gasteiger partial charge in [-0.25, -0.2) is 4.98 Å². The summed E-state index contributed by atoms with van der Waals surface area (Å²) in [4.78, 5) is 20.6. The highest BCUT2D eigenvalue weighted by molar-refractivity contribution is 7.16. The van der Waals surface area contributed by atoms with Crippen molar-refractivity contribution < 1.29 is 14.3 Å². The van der Waals surface area contributed by atoms with Gasteiger partial charge in [0.1, 0.15) is 12.4 Å². The van der Waals surface area contributed by atoms with Crippen LogP contribution in [0.2, 0.25) is 0 Å². The highest BCUT2D eigenvalue weighted by Crippen LogP contribution is 2.31. The number of ether oxygens (including phenoxy) is 2. The Morgan fingerprint density at radius 3 is 2.68 bits per heavy atom. The summed E-state index contributed by atoms with van der Waals surface area (Å²) in [6.45, 7) is 9.08. The Bertz CT molecular complexity index is 1030. The fourth-order valence-electron chi connectivity index (χ4n) is 3.50. The largest absolute Gasteiger partial charge is 0.492 e. The van der Waals surface area contributed by atoms with Crippen LogP contribution in [0.1, 0.15) is 20.8 Å². The smallest absolute Gasteiger partial charge is 0.257 e. The Morgan fingerprint density at radius 2 is 1.94 bits per heavy atom. The van der Waals surface area contributed by atoms with Crippen LogP contribution in [-0.2, 0) is 4.74 Å². The topological polar surface area (TPSA) is 63.7 Å². The van der Waals surface area contributed by atoms with Gasteiger partial charge in [-0.2, -0.15) is 0 Å². The molecule has 31 heavy (non-hydrogen) atoms. The molecule has 1 aliphatic rings. The van der Waals surface area contributed by atoms with Crippen molar-refractivity contribution in [2.24, 2.45) is 0 Å². The van der Waals surface area contributed by atoms with Gasteiger partial charge in [0.15, 0.2) is 5.13 Å². The number of thiazole rings is 1. The third-order valence-corrected chi connectivity index (χ3v) is 6.09. The van der Waals surface area contributed by atoms with E-state index in [1.807, 2.05) is 62.4 Å². The lowest BCUT2D eigenvalue weighted by Crippen LogP contribution is -2.38. The number of amides is 1. The van der Waals surface area contributed by atoms with Crippen molar-refractivity contribution in [2.45, 2.75) is 13.8 Å². The van der Waals surface area contributed by atoms with Crippen LogP contribution in [0.15, 0.2) is 48.5 Å². The molecule has 2 aromatic carbocycles. The Hall–Kier alpha value is -2.74. The second-order valence-corrected chi connectivity index (χ2v) is 8.78. The third-order valence-electron chi connectivity index (χ3n) is 5.21. The molecule has 1 aromatic heterocycles. The van der Waals surface area contributed by atoms with Crippen molar-refractivity contribution in [3.05, 3.63) is 64.5 Å². The number of aromatic nitrogens is 1. The maximum absolute atomic E-state index is 12.5. The Kier molecular flexibility index (Phi) is 6.96. The lowest BCUT2D eigenvalue weighted by molar-refractivity contribution is 0.0322. The number of hydrogen-bond acceptors (Lipinski definition) is 6.